The molecule has 4 nitrogen and oxygen atoms in total. The van der Waals surface area contributed by atoms with Crippen LogP contribution >= 0.6 is 23.1 Å². The zero-order valence-corrected chi connectivity index (χ0v) is 11.3. The number of thioether (sulfide) groups is 1. The average Bonchev–Trinajstić information content (AvgIpc) is 2.77. The van der Waals surface area contributed by atoms with Gasteiger partial charge < -0.3 is 4.74 Å². The maximum atomic E-state index is 10.4. The van der Waals surface area contributed by atoms with Gasteiger partial charge in [0, 0.05) is 4.92 Å². The fourth-order valence-corrected chi connectivity index (χ4v) is 2.92. The Morgan fingerprint density at radius 1 is 1.33 bits per heavy atom. The molecule has 1 aromatic heterocycles. The fourth-order valence-electron chi connectivity index (χ4n) is 1.31. The summed E-state index contributed by atoms with van der Waals surface area (Å²) in [6.45, 7) is 2.01. The Balaban J connectivity index is 2.07. The smallest absolute Gasteiger partial charge is 0.254 e. The van der Waals surface area contributed by atoms with E-state index in [9.17, 15) is 10.1 Å². The van der Waals surface area contributed by atoms with E-state index in [4.69, 9.17) is 4.74 Å². The Hall–Kier alpha value is -1.53. The number of nitro groups is 1. The second-order valence-electron chi connectivity index (χ2n) is 3.59. The van der Waals surface area contributed by atoms with Gasteiger partial charge in [-0.25, -0.2) is 0 Å². The van der Waals surface area contributed by atoms with Crippen LogP contribution in [0.25, 0.3) is 0 Å². The first-order chi connectivity index (χ1) is 8.65. The molecule has 0 N–H and O–H groups in total. The van der Waals surface area contributed by atoms with Crippen molar-refractivity contribution < 1.29 is 9.66 Å². The van der Waals surface area contributed by atoms with Crippen molar-refractivity contribution in [3.05, 3.63) is 51.4 Å². The van der Waals surface area contributed by atoms with Gasteiger partial charge in [-0.2, -0.15) is 0 Å². The first-order valence-corrected chi connectivity index (χ1v) is 7.08. The van der Waals surface area contributed by atoms with Gasteiger partial charge in [-0.3, -0.25) is 10.1 Å². The number of rotatable bonds is 5. The lowest BCUT2D eigenvalue weighted by Gasteiger charge is -2.05. The summed E-state index contributed by atoms with van der Waals surface area (Å²) in [5.74, 6) is 1.27. The highest BCUT2D eigenvalue weighted by molar-refractivity contribution is 8.01. The third kappa shape index (κ3) is 3.48. The maximum Gasteiger partial charge on any atom is 0.254 e. The molecular formula is C12H11NO3S2. The first-order valence-electron chi connectivity index (χ1n) is 5.22. The molecule has 94 valence electrons. The zero-order valence-electron chi connectivity index (χ0n) is 9.66. The van der Waals surface area contributed by atoms with Crippen molar-refractivity contribution in [3.63, 3.8) is 0 Å². The molecule has 0 radical (unpaired) electrons. The number of hydrogen-bond donors (Lipinski definition) is 0. The normalized spacial score (nSPS) is 10.3. The van der Waals surface area contributed by atoms with Gasteiger partial charge in [-0.05, 0) is 42.3 Å². The second kappa shape index (κ2) is 5.88. The van der Waals surface area contributed by atoms with Gasteiger partial charge in [-0.1, -0.05) is 17.7 Å². The predicted molar refractivity (Wildman–Crippen MR) is 73.3 cm³/mol. The molecule has 0 bridgehead atoms. The molecule has 6 heteroatoms. The molecule has 1 heterocycles. The SMILES string of the molecule is Cc1ccc(Oc2ccsc2SC[N+](=O)[O-])cc1. The number of ether oxygens (including phenoxy) is 1. The molecule has 0 spiro atoms. The van der Waals surface area contributed by atoms with E-state index < -0.39 is 0 Å². The lowest BCUT2D eigenvalue weighted by atomic mass is 10.2. The van der Waals surface area contributed by atoms with Gasteiger partial charge in [0.15, 0.2) is 5.75 Å². The number of benzene rings is 1. The summed E-state index contributed by atoms with van der Waals surface area (Å²) in [6.07, 6.45) is 0. The van der Waals surface area contributed by atoms with Gasteiger partial charge in [0.1, 0.15) is 9.96 Å². The second-order valence-corrected chi connectivity index (χ2v) is 5.72. The van der Waals surface area contributed by atoms with Crippen LogP contribution in [-0.4, -0.2) is 10.8 Å². The molecule has 1 aromatic carbocycles. The molecule has 0 unspecified atom stereocenters. The fraction of sp³-hybridized carbons (Fsp3) is 0.167. The van der Waals surface area contributed by atoms with E-state index in [0.717, 1.165) is 15.5 Å². The van der Waals surface area contributed by atoms with Gasteiger partial charge in [0.05, 0.1) is 0 Å². The molecule has 0 saturated carbocycles. The van der Waals surface area contributed by atoms with E-state index in [1.807, 2.05) is 42.6 Å². The third-order valence-electron chi connectivity index (χ3n) is 2.15. The molecule has 0 aliphatic carbocycles. The lowest BCUT2D eigenvalue weighted by Crippen LogP contribution is -1.94. The Labute approximate surface area is 113 Å². The van der Waals surface area contributed by atoms with Crippen molar-refractivity contribution in [2.24, 2.45) is 0 Å². The van der Waals surface area contributed by atoms with Crippen LogP contribution in [0, 0.1) is 17.0 Å². The third-order valence-corrected chi connectivity index (χ3v) is 4.28. The van der Waals surface area contributed by atoms with E-state index in [1.54, 1.807) is 0 Å². The summed E-state index contributed by atoms with van der Waals surface area (Å²) in [7, 11) is 0. The van der Waals surface area contributed by atoms with Crippen LogP contribution in [0.4, 0.5) is 0 Å². The van der Waals surface area contributed by atoms with E-state index >= 15 is 0 Å². The highest BCUT2D eigenvalue weighted by Gasteiger charge is 2.10. The predicted octanol–water partition coefficient (Wildman–Crippen LogP) is 4.18. The van der Waals surface area contributed by atoms with Crippen molar-refractivity contribution >= 4 is 23.1 Å². The summed E-state index contributed by atoms with van der Waals surface area (Å²) in [5.41, 5.74) is 1.16. The topological polar surface area (TPSA) is 52.4 Å². The quantitative estimate of drug-likeness (QED) is 0.357. The zero-order chi connectivity index (χ0) is 13.0. The summed E-state index contributed by atoms with van der Waals surface area (Å²) < 4.78 is 6.53. The van der Waals surface area contributed by atoms with Gasteiger partial charge in [0.2, 0.25) is 0 Å². The number of thiophene rings is 1. The molecule has 18 heavy (non-hydrogen) atoms. The Morgan fingerprint density at radius 2 is 2.06 bits per heavy atom. The molecule has 2 aromatic rings. The van der Waals surface area contributed by atoms with Crippen LogP contribution in [0.1, 0.15) is 5.56 Å². The summed E-state index contributed by atoms with van der Waals surface area (Å²) in [4.78, 5) is 10.0. The van der Waals surface area contributed by atoms with Crippen LogP contribution in [0.2, 0.25) is 0 Å². The number of hydrogen-bond acceptors (Lipinski definition) is 5. The molecule has 0 saturated heterocycles. The molecule has 0 amide bonds. The summed E-state index contributed by atoms with van der Waals surface area (Å²) in [6, 6.07) is 9.52. The first kappa shape index (κ1) is 12.9. The highest BCUT2D eigenvalue weighted by Crippen LogP contribution is 2.37. The van der Waals surface area contributed by atoms with Gasteiger partial charge >= 0.3 is 0 Å². The van der Waals surface area contributed by atoms with Gasteiger partial charge in [0.25, 0.3) is 5.88 Å². The molecule has 0 aliphatic heterocycles. The summed E-state index contributed by atoms with van der Waals surface area (Å²) in [5, 5.41) is 12.2. The monoisotopic (exact) mass is 281 g/mol. The van der Waals surface area contributed by atoms with E-state index in [1.165, 1.54) is 23.1 Å². The van der Waals surface area contributed by atoms with Crippen molar-refractivity contribution in [1.82, 2.24) is 0 Å². The Bertz CT molecular complexity index is 537. The van der Waals surface area contributed by atoms with Crippen LogP contribution in [0.3, 0.4) is 0 Å². The Kier molecular flexibility index (Phi) is 4.22. The van der Waals surface area contributed by atoms with E-state index in [0.29, 0.717) is 5.75 Å². The maximum absolute atomic E-state index is 10.4. The van der Waals surface area contributed by atoms with Crippen LogP contribution in [0.15, 0.2) is 39.9 Å². The minimum absolute atomic E-state index is 0.148. The van der Waals surface area contributed by atoms with E-state index in [-0.39, 0.29) is 10.8 Å². The average molecular weight is 281 g/mol. The van der Waals surface area contributed by atoms with Gasteiger partial charge in [-0.15, -0.1) is 11.3 Å². The lowest BCUT2D eigenvalue weighted by molar-refractivity contribution is -0.456. The number of nitrogens with zero attached hydrogens (tertiary/aromatic N) is 1. The largest absolute Gasteiger partial charge is 0.455 e. The van der Waals surface area contributed by atoms with Crippen molar-refractivity contribution in [2.45, 2.75) is 11.1 Å². The molecule has 2 rings (SSSR count). The van der Waals surface area contributed by atoms with Crippen molar-refractivity contribution in [2.75, 3.05) is 5.88 Å². The number of aryl methyl sites for hydroxylation is 1. The highest BCUT2D eigenvalue weighted by atomic mass is 32.2. The minimum Gasteiger partial charge on any atom is -0.455 e. The van der Waals surface area contributed by atoms with Crippen LogP contribution in [-0.2, 0) is 0 Å². The minimum atomic E-state index is -0.347. The van der Waals surface area contributed by atoms with E-state index in [2.05, 4.69) is 0 Å². The van der Waals surface area contributed by atoms with Crippen LogP contribution in [0.5, 0.6) is 11.5 Å². The van der Waals surface area contributed by atoms with Crippen molar-refractivity contribution in [3.8, 4) is 11.5 Å². The molecular weight excluding hydrogens is 270 g/mol. The van der Waals surface area contributed by atoms with Crippen molar-refractivity contribution in [1.29, 1.82) is 0 Å². The molecule has 0 atom stereocenters. The molecule has 0 aliphatic rings. The standard InChI is InChI=1S/C12H11NO3S2/c1-9-2-4-10(5-3-9)16-11-6-7-17-12(11)18-8-13(14)15/h2-7H,8H2,1H3. The summed E-state index contributed by atoms with van der Waals surface area (Å²) >= 11 is 2.63. The Morgan fingerprint density at radius 3 is 2.72 bits per heavy atom. The van der Waals surface area contributed by atoms with Crippen LogP contribution < -0.4 is 4.74 Å². The molecule has 0 fully saturated rings.